The van der Waals surface area contributed by atoms with Crippen LogP contribution in [-0.4, -0.2) is 41.1 Å². The van der Waals surface area contributed by atoms with Crippen LogP contribution in [0.5, 0.6) is 5.75 Å². The number of aromatic amines is 1. The van der Waals surface area contributed by atoms with Crippen molar-refractivity contribution in [1.29, 1.82) is 0 Å². The lowest BCUT2D eigenvalue weighted by Gasteiger charge is -2.10. The molecule has 1 aromatic carbocycles. The minimum Gasteiger partial charge on any atom is -0.508 e. The molecule has 0 aliphatic heterocycles. The lowest BCUT2D eigenvalue weighted by Crippen LogP contribution is -2.29. The van der Waals surface area contributed by atoms with Crippen LogP contribution in [-0.2, 0) is 13.6 Å². The fourth-order valence-electron chi connectivity index (χ4n) is 2.66. The van der Waals surface area contributed by atoms with Gasteiger partial charge < -0.3 is 14.8 Å². The summed E-state index contributed by atoms with van der Waals surface area (Å²) in [5, 5.41) is 23.4. The van der Waals surface area contributed by atoms with Crippen molar-refractivity contribution in [2.24, 2.45) is 12.1 Å². The summed E-state index contributed by atoms with van der Waals surface area (Å²) in [5.41, 5.74) is 3.37. The third kappa shape index (κ3) is 3.60. The zero-order chi connectivity index (χ0) is 19.7. The topological polar surface area (TPSA) is 138 Å². The Balaban J connectivity index is 2.07. The van der Waals surface area contributed by atoms with Crippen LogP contribution in [0.25, 0.3) is 11.2 Å². The predicted octanol–water partition coefficient (Wildman–Crippen LogP) is 0.346. The lowest BCUT2D eigenvalue weighted by molar-refractivity contribution is 0.175. The molecule has 27 heavy (non-hydrogen) atoms. The van der Waals surface area contributed by atoms with E-state index in [2.05, 4.69) is 20.5 Å². The Morgan fingerprint density at radius 1 is 1.33 bits per heavy atom. The normalized spacial score (nSPS) is 13.1. The van der Waals surface area contributed by atoms with Gasteiger partial charge in [0.25, 0.3) is 5.56 Å². The average molecular weight is 372 g/mol. The van der Waals surface area contributed by atoms with Crippen LogP contribution >= 0.6 is 0 Å². The Morgan fingerprint density at radius 2 is 2.00 bits per heavy atom. The number of phenolic OH excluding ortho intramolecular Hbond substituents is 1. The van der Waals surface area contributed by atoms with Crippen LogP contribution in [0.3, 0.4) is 0 Å². The number of phenols is 1. The number of aliphatic hydroxyl groups is 1. The number of aromatic hydroxyl groups is 1. The number of nitrogens with zero attached hydrogens (tertiary/aromatic N) is 4. The fourth-order valence-corrected chi connectivity index (χ4v) is 2.66. The highest BCUT2D eigenvalue weighted by molar-refractivity contribution is 5.99. The summed E-state index contributed by atoms with van der Waals surface area (Å²) >= 11 is 0. The number of aromatic nitrogens is 4. The molecule has 0 radical (unpaired) electrons. The van der Waals surface area contributed by atoms with E-state index in [9.17, 15) is 19.8 Å². The van der Waals surface area contributed by atoms with Gasteiger partial charge in [0.15, 0.2) is 11.2 Å². The molecule has 1 unspecified atom stereocenters. The Morgan fingerprint density at radius 3 is 2.63 bits per heavy atom. The van der Waals surface area contributed by atoms with Gasteiger partial charge in [-0.25, -0.2) is 10.2 Å². The molecule has 142 valence electrons. The van der Waals surface area contributed by atoms with Gasteiger partial charge in [-0.1, -0.05) is 0 Å². The van der Waals surface area contributed by atoms with Crippen LogP contribution in [0.1, 0.15) is 19.4 Å². The van der Waals surface area contributed by atoms with Crippen LogP contribution in [0.2, 0.25) is 0 Å². The Labute approximate surface area is 153 Å². The maximum atomic E-state index is 12.3. The third-order valence-electron chi connectivity index (χ3n) is 4.06. The van der Waals surface area contributed by atoms with Crippen molar-refractivity contribution in [3.8, 4) is 5.75 Å². The molecule has 10 nitrogen and oxygen atoms in total. The molecule has 0 amide bonds. The van der Waals surface area contributed by atoms with E-state index in [1.54, 1.807) is 38.1 Å². The van der Waals surface area contributed by atoms with Gasteiger partial charge >= 0.3 is 5.69 Å². The first kappa shape index (κ1) is 18.4. The molecule has 0 saturated heterocycles. The number of hydrogen-bond acceptors (Lipinski definition) is 7. The first-order valence-corrected chi connectivity index (χ1v) is 8.25. The smallest absolute Gasteiger partial charge is 0.329 e. The second-order valence-corrected chi connectivity index (χ2v) is 6.24. The van der Waals surface area contributed by atoms with Crippen molar-refractivity contribution in [2.75, 3.05) is 5.43 Å². The molecule has 0 fully saturated rings. The van der Waals surface area contributed by atoms with Crippen molar-refractivity contribution < 1.29 is 10.2 Å². The first-order valence-electron chi connectivity index (χ1n) is 8.25. The molecule has 0 spiro atoms. The standard InChI is InChI=1S/C17H20N6O4/c1-9(24)8-23-13-14(22(3)17(27)19-15(13)26)18-16(23)21-20-10(2)11-4-6-12(25)7-5-11/h4-7,9,24-25H,8H2,1-3H3,(H,18,21)(H,19,26,27). The molecule has 2 aromatic heterocycles. The second-order valence-electron chi connectivity index (χ2n) is 6.24. The summed E-state index contributed by atoms with van der Waals surface area (Å²) in [6, 6.07) is 6.52. The van der Waals surface area contributed by atoms with Gasteiger partial charge in [0.05, 0.1) is 18.4 Å². The summed E-state index contributed by atoms with van der Waals surface area (Å²) in [4.78, 5) is 30.6. The number of aliphatic hydroxyl groups excluding tert-OH is 1. The van der Waals surface area contributed by atoms with E-state index in [-0.39, 0.29) is 29.4 Å². The summed E-state index contributed by atoms with van der Waals surface area (Å²) in [6.45, 7) is 3.44. The number of H-pyrrole nitrogens is 1. The number of fused-ring (bicyclic) bond motifs is 1. The molecule has 2 heterocycles. The van der Waals surface area contributed by atoms with E-state index in [4.69, 9.17) is 0 Å². The second kappa shape index (κ2) is 7.08. The number of aryl methyl sites for hydroxylation is 1. The summed E-state index contributed by atoms with van der Waals surface area (Å²) < 4.78 is 2.70. The van der Waals surface area contributed by atoms with Gasteiger partial charge in [0.1, 0.15) is 5.75 Å². The van der Waals surface area contributed by atoms with Crippen molar-refractivity contribution >= 4 is 22.8 Å². The van der Waals surface area contributed by atoms with E-state index in [1.807, 2.05) is 0 Å². The summed E-state index contributed by atoms with van der Waals surface area (Å²) in [7, 11) is 1.50. The third-order valence-corrected chi connectivity index (χ3v) is 4.06. The molecule has 3 rings (SSSR count). The molecule has 1 atom stereocenters. The number of benzene rings is 1. The Kier molecular flexibility index (Phi) is 4.82. The van der Waals surface area contributed by atoms with E-state index >= 15 is 0 Å². The van der Waals surface area contributed by atoms with E-state index in [1.165, 1.54) is 16.2 Å². The van der Waals surface area contributed by atoms with Gasteiger partial charge in [-0.3, -0.25) is 14.3 Å². The van der Waals surface area contributed by atoms with E-state index in [0.717, 1.165) is 5.56 Å². The van der Waals surface area contributed by atoms with Crippen LogP contribution < -0.4 is 16.7 Å². The zero-order valence-electron chi connectivity index (χ0n) is 15.1. The highest BCUT2D eigenvalue weighted by atomic mass is 16.3. The van der Waals surface area contributed by atoms with Crippen molar-refractivity contribution in [3.63, 3.8) is 0 Å². The quantitative estimate of drug-likeness (QED) is 0.377. The van der Waals surface area contributed by atoms with Gasteiger partial charge in [-0.2, -0.15) is 10.1 Å². The molecule has 4 N–H and O–H groups in total. The number of rotatable bonds is 5. The first-order chi connectivity index (χ1) is 12.8. The monoisotopic (exact) mass is 372 g/mol. The predicted molar refractivity (Wildman–Crippen MR) is 101 cm³/mol. The van der Waals surface area contributed by atoms with Gasteiger partial charge in [0, 0.05) is 7.05 Å². The van der Waals surface area contributed by atoms with Gasteiger partial charge in [-0.15, -0.1) is 0 Å². The molecule has 0 saturated carbocycles. The average Bonchev–Trinajstić information content (AvgIpc) is 2.96. The Bertz CT molecular complexity index is 1120. The molecule has 0 aliphatic carbocycles. The number of nitrogens with one attached hydrogen (secondary N) is 2. The molecular weight excluding hydrogens is 352 g/mol. The number of imidazole rings is 1. The minimum absolute atomic E-state index is 0.0912. The molecule has 0 aliphatic rings. The van der Waals surface area contributed by atoms with Crippen molar-refractivity contribution in [3.05, 3.63) is 50.7 Å². The molecule has 0 bridgehead atoms. The highest BCUT2D eigenvalue weighted by Gasteiger charge is 2.18. The maximum Gasteiger partial charge on any atom is 0.329 e. The van der Waals surface area contributed by atoms with Crippen LogP contribution in [0.15, 0.2) is 39.0 Å². The van der Waals surface area contributed by atoms with Crippen molar-refractivity contribution in [2.45, 2.75) is 26.5 Å². The van der Waals surface area contributed by atoms with Gasteiger partial charge in [-0.05, 0) is 43.7 Å². The Hall–Kier alpha value is -3.40. The van der Waals surface area contributed by atoms with E-state index in [0.29, 0.717) is 5.71 Å². The van der Waals surface area contributed by atoms with Gasteiger partial charge in [0.2, 0.25) is 5.95 Å². The highest BCUT2D eigenvalue weighted by Crippen LogP contribution is 2.17. The molecule has 10 heteroatoms. The van der Waals surface area contributed by atoms with Crippen LogP contribution in [0.4, 0.5) is 5.95 Å². The van der Waals surface area contributed by atoms with Crippen molar-refractivity contribution in [1.82, 2.24) is 19.1 Å². The van der Waals surface area contributed by atoms with E-state index < -0.39 is 17.4 Å². The SMILES string of the molecule is CC(=NNc1nc2c(c(=O)[nH]c(=O)n2C)n1CC(C)O)c1ccc(O)cc1. The maximum absolute atomic E-state index is 12.3. The molecular formula is C17H20N6O4. The lowest BCUT2D eigenvalue weighted by atomic mass is 10.1. The summed E-state index contributed by atoms with van der Waals surface area (Å²) in [5.74, 6) is 0.370. The zero-order valence-corrected chi connectivity index (χ0v) is 15.1. The minimum atomic E-state index is -0.748. The number of hydrogen-bond donors (Lipinski definition) is 4. The molecule has 3 aromatic rings. The van der Waals surface area contributed by atoms with Crippen LogP contribution in [0, 0.1) is 0 Å². The largest absolute Gasteiger partial charge is 0.508 e. The fraction of sp³-hybridized carbons (Fsp3) is 0.294. The summed E-state index contributed by atoms with van der Waals surface area (Å²) in [6.07, 6.45) is -0.748. The number of hydrazone groups is 1. The number of anilines is 1.